The summed E-state index contributed by atoms with van der Waals surface area (Å²) in [4.78, 5) is 2.30. The van der Waals surface area contributed by atoms with Crippen LogP contribution in [0.15, 0.2) is 160 Å². The highest BCUT2D eigenvalue weighted by Gasteiger charge is 2.16. The highest BCUT2D eigenvalue weighted by Crippen LogP contribution is 2.39. The average molecular weight is 552 g/mol. The van der Waals surface area contributed by atoms with Crippen molar-refractivity contribution in [1.29, 1.82) is 0 Å². The topological polar surface area (TPSA) is 29.5 Å². The largest absolute Gasteiger partial charge is 0.456 e. The van der Waals surface area contributed by atoms with Gasteiger partial charge >= 0.3 is 0 Å². The quantitative estimate of drug-likeness (QED) is 0.218. The summed E-state index contributed by atoms with van der Waals surface area (Å²) in [6.07, 6.45) is 0. The van der Waals surface area contributed by atoms with E-state index in [-0.39, 0.29) is 0 Å². The Morgan fingerprint density at radius 2 is 0.907 bits per heavy atom. The van der Waals surface area contributed by atoms with Gasteiger partial charge in [0.25, 0.3) is 0 Å². The lowest BCUT2D eigenvalue weighted by molar-refractivity contribution is 0.668. The molecule has 0 aliphatic carbocycles. The molecule has 3 nitrogen and oxygen atoms in total. The van der Waals surface area contributed by atoms with Crippen molar-refractivity contribution >= 4 is 71.7 Å². The fourth-order valence-corrected chi connectivity index (χ4v) is 6.33. The van der Waals surface area contributed by atoms with E-state index in [0.717, 1.165) is 60.9 Å². The number of furan rings is 2. The molecule has 0 fully saturated rings. The molecular formula is C40H25NO2. The Balaban J connectivity index is 1.13. The molecule has 0 amide bonds. The van der Waals surface area contributed by atoms with Crippen LogP contribution < -0.4 is 4.90 Å². The summed E-state index contributed by atoms with van der Waals surface area (Å²) in [5.41, 5.74) is 9.28. The zero-order chi connectivity index (χ0) is 28.3. The normalized spacial score (nSPS) is 11.7. The van der Waals surface area contributed by atoms with Crippen molar-refractivity contribution in [2.24, 2.45) is 0 Å². The van der Waals surface area contributed by atoms with Gasteiger partial charge < -0.3 is 13.7 Å². The fourth-order valence-electron chi connectivity index (χ4n) is 6.33. The van der Waals surface area contributed by atoms with Gasteiger partial charge in [0.1, 0.15) is 22.3 Å². The number of benzene rings is 7. The number of fused-ring (bicyclic) bond motifs is 7. The molecule has 2 heterocycles. The molecule has 3 heteroatoms. The molecule has 43 heavy (non-hydrogen) atoms. The summed E-state index contributed by atoms with van der Waals surface area (Å²) in [7, 11) is 0. The third kappa shape index (κ3) is 3.90. The van der Waals surface area contributed by atoms with Crippen LogP contribution in [0.25, 0.3) is 65.8 Å². The van der Waals surface area contributed by atoms with Crippen LogP contribution in [0.5, 0.6) is 0 Å². The van der Waals surface area contributed by atoms with Crippen molar-refractivity contribution in [3.8, 4) is 11.1 Å². The molecule has 0 atom stereocenters. The van der Waals surface area contributed by atoms with Gasteiger partial charge in [-0.15, -0.1) is 0 Å². The molecule has 0 saturated carbocycles. The molecule has 0 saturated heterocycles. The van der Waals surface area contributed by atoms with E-state index in [9.17, 15) is 0 Å². The maximum absolute atomic E-state index is 6.11. The second-order valence-electron chi connectivity index (χ2n) is 11.0. The van der Waals surface area contributed by atoms with Gasteiger partial charge in [-0.25, -0.2) is 0 Å². The monoisotopic (exact) mass is 551 g/mol. The Labute approximate surface area is 247 Å². The zero-order valence-electron chi connectivity index (χ0n) is 23.2. The van der Waals surface area contributed by atoms with Crippen LogP contribution in [-0.4, -0.2) is 0 Å². The lowest BCUT2D eigenvalue weighted by Crippen LogP contribution is -2.09. The number of hydrogen-bond donors (Lipinski definition) is 0. The van der Waals surface area contributed by atoms with Gasteiger partial charge in [-0.1, -0.05) is 78.9 Å². The van der Waals surface area contributed by atoms with Crippen LogP contribution in [0.4, 0.5) is 17.1 Å². The van der Waals surface area contributed by atoms with Gasteiger partial charge in [0, 0.05) is 38.6 Å². The molecule has 7 aromatic carbocycles. The van der Waals surface area contributed by atoms with Crippen molar-refractivity contribution in [1.82, 2.24) is 0 Å². The molecular weight excluding hydrogens is 526 g/mol. The first-order valence-electron chi connectivity index (χ1n) is 14.5. The second-order valence-corrected chi connectivity index (χ2v) is 11.0. The van der Waals surface area contributed by atoms with Crippen LogP contribution in [0.1, 0.15) is 0 Å². The molecule has 0 spiro atoms. The fraction of sp³-hybridized carbons (Fsp3) is 0. The molecule has 9 aromatic rings. The summed E-state index contributed by atoms with van der Waals surface area (Å²) in [5, 5.41) is 6.91. The lowest BCUT2D eigenvalue weighted by Gasteiger charge is -2.25. The van der Waals surface area contributed by atoms with Crippen molar-refractivity contribution in [3.63, 3.8) is 0 Å². The van der Waals surface area contributed by atoms with E-state index in [1.165, 1.54) is 21.9 Å². The van der Waals surface area contributed by atoms with Gasteiger partial charge in [0.2, 0.25) is 0 Å². The summed E-state index contributed by atoms with van der Waals surface area (Å²) in [5.74, 6) is 0. The van der Waals surface area contributed by atoms with Crippen LogP contribution in [0, 0.1) is 0 Å². The molecule has 202 valence electrons. The van der Waals surface area contributed by atoms with E-state index in [0.29, 0.717) is 0 Å². The van der Waals surface area contributed by atoms with E-state index in [4.69, 9.17) is 8.83 Å². The van der Waals surface area contributed by atoms with Crippen LogP contribution in [0.3, 0.4) is 0 Å². The smallest absolute Gasteiger partial charge is 0.136 e. The summed E-state index contributed by atoms with van der Waals surface area (Å²) >= 11 is 0. The van der Waals surface area contributed by atoms with Crippen molar-refractivity contribution < 1.29 is 8.83 Å². The number of rotatable bonds is 4. The third-order valence-electron chi connectivity index (χ3n) is 8.43. The number of hydrogen-bond acceptors (Lipinski definition) is 3. The van der Waals surface area contributed by atoms with E-state index in [1.54, 1.807) is 0 Å². The highest BCUT2D eigenvalue weighted by atomic mass is 16.3. The van der Waals surface area contributed by atoms with Gasteiger partial charge in [-0.2, -0.15) is 0 Å². The van der Waals surface area contributed by atoms with E-state index in [2.05, 4.69) is 132 Å². The minimum atomic E-state index is 0.894. The number of anilines is 3. The molecule has 0 radical (unpaired) electrons. The van der Waals surface area contributed by atoms with E-state index >= 15 is 0 Å². The van der Waals surface area contributed by atoms with Gasteiger partial charge in [0.05, 0.1) is 0 Å². The first-order chi connectivity index (χ1) is 21.3. The lowest BCUT2D eigenvalue weighted by atomic mass is 9.99. The highest BCUT2D eigenvalue weighted by molar-refractivity contribution is 6.10. The Kier molecular flexibility index (Phi) is 5.20. The minimum absolute atomic E-state index is 0.894. The standard InChI is InChI=1S/C40H25NO2/c1-2-8-30(9-3-1)41(32-20-21-39-36(25-32)34-11-5-6-12-37(34)42-39)31-18-16-26(17-19-31)27-14-15-28-24-40-35(23-29(28)22-27)33-10-4-7-13-38(33)43-40/h1-25H. The maximum atomic E-state index is 6.11. The molecule has 0 unspecified atom stereocenters. The Hall–Kier alpha value is -5.80. The molecule has 0 aliphatic rings. The zero-order valence-corrected chi connectivity index (χ0v) is 23.2. The summed E-state index contributed by atoms with van der Waals surface area (Å²) < 4.78 is 12.2. The van der Waals surface area contributed by atoms with Crippen molar-refractivity contribution in [2.45, 2.75) is 0 Å². The van der Waals surface area contributed by atoms with Gasteiger partial charge in [-0.3, -0.25) is 0 Å². The first-order valence-corrected chi connectivity index (χ1v) is 14.5. The molecule has 0 aliphatic heterocycles. The van der Waals surface area contributed by atoms with Gasteiger partial charge in [-0.05, 0) is 94.7 Å². The van der Waals surface area contributed by atoms with Crippen molar-refractivity contribution in [2.75, 3.05) is 4.90 Å². The van der Waals surface area contributed by atoms with Crippen molar-refractivity contribution in [3.05, 3.63) is 152 Å². The Bertz CT molecular complexity index is 2450. The Morgan fingerprint density at radius 3 is 1.67 bits per heavy atom. The minimum Gasteiger partial charge on any atom is -0.456 e. The van der Waals surface area contributed by atoms with E-state index < -0.39 is 0 Å². The predicted octanol–water partition coefficient (Wildman–Crippen LogP) is 11.8. The summed E-state index contributed by atoms with van der Waals surface area (Å²) in [6.45, 7) is 0. The van der Waals surface area contributed by atoms with Crippen LogP contribution in [0.2, 0.25) is 0 Å². The molecule has 9 rings (SSSR count). The predicted molar refractivity (Wildman–Crippen MR) is 179 cm³/mol. The van der Waals surface area contributed by atoms with Crippen LogP contribution >= 0.6 is 0 Å². The summed E-state index contributed by atoms with van der Waals surface area (Å²) in [6, 6.07) is 53.3. The molecule has 0 N–H and O–H groups in total. The molecule has 0 bridgehead atoms. The van der Waals surface area contributed by atoms with Crippen LogP contribution in [-0.2, 0) is 0 Å². The Morgan fingerprint density at radius 1 is 0.326 bits per heavy atom. The second kappa shape index (κ2) is 9.37. The number of para-hydroxylation sites is 3. The SMILES string of the molecule is c1ccc(N(c2ccc(-c3ccc4cc5oc6ccccc6c5cc4c3)cc2)c2ccc3oc4ccccc4c3c2)cc1. The van der Waals surface area contributed by atoms with E-state index in [1.807, 2.05) is 24.3 Å². The first kappa shape index (κ1) is 23.9. The van der Waals surface area contributed by atoms with Gasteiger partial charge in [0.15, 0.2) is 0 Å². The maximum Gasteiger partial charge on any atom is 0.136 e. The average Bonchev–Trinajstić information content (AvgIpc) is 3.62. The third-order valence-corrected chi connectivity index (χ3v) is 8.43. The number of nitrogens with zero attached hydrogens (tertiary/aromatic N) is 1. The molecule has 2 aromatic heterocycles.